The average molecular weight is 427 g/mol. The van der Waals surface area contributed by atoms with Gasteiger partial charge in [0.2, 0.25) is 0 Å². The van der Waals surface area contributed by atoms with E-state index in [9.17, 15) is 0 Å². The number of benzene rings is 3. The number of aryl methyl sites for hydroxylation is 2. The molecule has 0 unspecified atom stereocenters. The van der Waals surface area contributed by atoms with Gasteiger partial charge in [0.05, 0.1) is 0 Å². The fourth-order valence-electron chi connectivity index (χ4n) is 4.16. The van der Waals surface area contributed by atoms with Crippen LogP contribution in [-0.4, -0.2) is 0 Å². The first kappa shape index (κ1) is 24.3. The van der Waals surface area contributed by atoms with Crippen molar-refractivity contribution in [3.63, 3.8) is 0 Å². The topological polar surface area (TPSA) is 0 Å². The van der Waals surface area contributed by atoms with E-state index in [1.807, 2.05) is 0 Å². The van der Waals surface area contributed by atoms with Crippen LogP contribution in [0.25, 0.3) is 22.3 Å². The molecular formula is C32H42. The molecule has 0 heterocycles. The minimum atomic E-state index is 0.112. The van der Waals surface area contributed by atoms with Crippen LogP contribution in [0, 0.1) is 13.8 Å². The summed E-state index contributed by atoms with van der Waals surface area (Å²) < 4.78 is 0. The van der Waals surface area contributed by atoms with Crippen molar-refractivity contribution in [1.29, 1.82) is 0 Å². The predicted octanol–water partition coefficient (Wildman–Crippen LogP) is 9.53. The zero-order valence-electron chi connectivity index (χ0n) is 22.2. The van der Waals surface area contributed by atoms with E-state index in [1.165, 1.54) is 50.1 Å². The summed E-state index contributed by atoms with van der Waals surface area (Å²) in [7, 11) is 0. The Kier molecular flexibility index (Phi) is 6.24. The number of hydrogen-bond acceptors (Lipinski definition) is 0. The van der Waals surface area contributed by atoms with Crippen molar-refractivity contribution >= 4 is 0 Å². The molecule has 3 aromatic rings. The van der Waals surface area contributed by atoms with Crippen molar-refractivity contribution in [3.05, 3.63) is 82.4 Å². The van der Waals surface area contributed by atoms with Gasteiger partial charge in [-0.3, -0.25) is 0 Å². The van der Waals surface area contributed by atoms with Gasteiger partial charge in [-0.2, -0.15) is 0 Å². The van der Waals surface area contributed by atoms with Gasteiger partial charge in [0.25, 0.3) is 0 Å². The molecular weight excluding hydrogens is 384 g/mol. The maximum Gasteiger partial charge on any atom is -0.0132 e. The van der Waals surface area contributed by atoms with Gasteiger partial charge in [-0.25, -0.2) is 0 Å². The number of hydrogen-bond donors (Lipinski definition) is 0. The maximum atomic E-state index is 2.40. The first-order valence-corrected chi connectivity index (χ1v) is 11.9. The average Bonchev–Trinajstić information content (AvgIpc) is 2.64. The molecule has 0 saturated heterocycles. The van der Waals surface area contributed by atoms with Gasteiger partial charge in [-0.05, 0) is 80.7 Å². The molecule has 32 heavy (non-hydrogen) atoms. The third kappa shape index (κ3) is 5.52. The van der Waals surface area contributed by atoms with Gasteiger partial charge in [-0.15, -0.1) is 0 Å². The first-order chi connectivity index (χ1) is 14.5. The van der Waals surface area contributed by atoms with Crippen molar-refractivity contribution in [2.45, 2.75) is 92.4 Å². The summed E-state index contributed by atoms with van der Waals surface area (Å²) in [6.07, 6.45) is 0. The predicted molar refractivity (Wildman–Crippen MR) is 143 cm³/mol. The second-order valence-corrected chi connectivity index (χ2v) is 12.7. The van der Waals surface area contributed by atoms with Crippen LogP contribution >= 0.6 is 0 Å². The normalized spacial score (nSPS) is 12.8. The largest absolute Gasteiger partial charge is 0.0561 e. The van der Waals surface area contributed by atoms with Crippen LogP contribution in [0.5, 0.6) is 0 Å². The molecule has 0 aromatic heterocycles. The molecule has 3 aromatic carbocycles. The zero-order chi connectivity index (χ0) is 24.1. The van der Waals surface area contributed by atoms with E-state index in [4.69, 9.17) is 0 Å². The Morgan fingerprint density at radius 2 is 0.625 bits per heavy atom. The summed E-state index contributed by atoms with van der Waals surface area (Å²) in [6, 6.07) is 21.2. The Bertz CT molecular complexity index is 1090. The zero-order valence-corrected chi connectivity index (χ0v) is 22.2. The summed E-state index contributed by atoms with van der Waals surface area (Å²) >= 11 is 0. The van der Waals surface area contributed by atoms with Crippen molar-refractivity contribution in [2.75, 3.05) is 0 Å². The van der Waals surface area contributed by atoms with Crippen molar-refractivity contribution in [2.24, 2.45) is 0 Å². The molecule has 0 aliphatic rings. The highest BCUT2D eigenvalue weighted by atomic mass is 14.3. The smallest absolute Gasteiger partial charge is 0.0132 e. The third-order valence-electron chi connectivity index (χ3n) is 6.35. The minimum absolute atomic E-state index is 0.112. The van der Waals surface area contributed by atoms with E-state index < -0.39 is 0 Å². The molecule has 0 N–H and O–H groups in total. The summed E-state index contributed by atoms with van der Waals surface area (Å²) in [5.74, 6) is 0. The fraction of sp³-hybridized carbons (Fsp3) is 0.438. The standard InChI is InChI=1S/C32H42/c1-21-12-23(25-14-22(2)15-27(17-25)30(3,4)5)16-24(13-21)26-18-28(31(6,7)8)20-29(19-26)32(9,10)11/h12-20H,1-11H3. The molecule has 0 spiro atoms. The second kappa shape index (κ2) is 8.22. The molecule has 0 aliphatic heterocycles. The van der Waals surface area contributed by atoms with E-state index in [2.05, 4.69) is 131 Å². The van der Waals surface area contributed by atoms with Crippen molar-refractivity contribution in [3.8, 4) is 22.3 Å². The van der Waals surface area contributed by atoms with E-state index in [-0.39, 0.29) is 16.2 Å². The van der Waals surface area contributed by atoms with Crippen LogP contribution in [0.3, 0.4) is 0 Å². The highest BCUT2D eigenvalue weighted by Crippen LogP contribution is 2.36. The van der Waals surface area contributed by atoms with Gasteiger partial charge in [0.1, 0.15) is 0 Å². The Balaban J connectivity index is 2.22. The van der Waals surface area contributed by atoms with Crippen molar-refractivity contribution < 1.29 is 0 Å². The quantitative estimate of drug-likeness (QED) is 0.382. The maximum absolute atomic E-state index is 2.40. The van der Waals surface area contributed by atoms with Crippen LogP contribution in [-0.2, 0) is 16.2 Å². The van der Waals surface area contributed by atoms with Gasteiger partial charge in [-0.1, -0.05) is 116 Å². The Morgan fingerprint density at radius 1 is 0.344 bits per heavy atom. The lowest BCUT2D eigenvalue weighted by Gasteiger charge is -2.26. The molecule has 0 bridgehead atoms. The molecule has 0 fully saturated rings. The SMILES string of the molecule is Cc1cc(-c2cc(C)cc(C(C)(C)C)c2)cc(-c2cc(C(C)(C)C)cc(C(C)(C)C)c2)c1. The van der Waals surface area contributed by atoms with Crippen LogP contribution in [0.15, 0.2) is 54.6 Å². The molecule has 0 aliphatic carbocycles. The molecule has 3 rings (SSSR count). The molecule has 0 saturated carbocycles. The molecule has 0 radical (unpaired) electrons. The van der Waals surface area contributed by atoms with Crippen LogP contribution in [0.4, 0.5) is 0 Å². The molecule has 0 nitrogen and oxygen atoms in total. The van der Waals surface area contributed by atoms with Crippen LogP contribution < -0.4 is 0 Å². The molecule has 170 valence electrons. The lowest BCUT2D eigenvalue weighted by atomic mass is 9.78. The summed E-state index contributed by atoms with van der Waals surface area (Å²) in [5, 5.41) is 0. The van der Waals surface area contributed by atoms with Gasteiger partial charge in [0, 0.05) is 0 Å². The summed E-state index contributed by atoms with van der Waals surface area (Å²) in [4.78, 5) is 0. The lowest BCUT2D eigenvalue weighted by molar-refractivity contribution is 0.569. The Hall–Kier alpha value is -2.34. The molecule has 0 amide bonds. The van der Waals surface area contributed by atoms with Crippen LogP contribution in [0.1, 0.15) is 90.1 Å². The highest BCUT2D eigenvalue weighted by Gasteiger charge is 2.21. The fourth-order valence-corrected chi connectivity index (χ4v) is 4.16. The third-order valence-corrected chi connectivity index (χ3v) is 6.35. The Labute approximate surface area is 197 Å². The van der Waals surface area contributed by atoms with Crippen molar-refractivity contribution in [1.82, 2.24) is 0 Å². The minimum Gasteiger partial charge on any atom is -0.0561 e. The lowest BCUT2D eigenvalue weighted by Crippen LogP contribution is -2.16. The Morgan fingerprint density at radius 3 is 1.00 bits per heavy atom. The van der Waals surface area contributed by atoms with Gasteiger partial charge >= 0.3 is 0 Å². The van der Waals surface area contributed by atoms with E-state index >= 15 is 0 Å². The van der Waals surface area contributed by atoms with E-state index in [0.717, 1.165) is 0 Å². The highest BCUT2D eigenvalue weighted by molar-refractivity contribution is 5.76. The second-order valence-electron chi connectivity index (χ2n) is 12.7. The molecule has 0 heteroatoms. The summed E-state index contributed by atoms with van der Waals surface area (Å²) in [6.45, 7) is 25.1. The van der Waals surface area contributed by atoms with E-state index in [0.29, 0.717) is 0 Å². The molecule has 0 atom stereocenters. The van der Waals surface area contributed by atoms with Gasteiger partial charge < -0.3 is 0 Å². The van der Waals surface area contributed by atoms with E-state index in [1.54, 1.807) is 0 Å². The number of rotatable bonds is 2. The van der Waals surface area contributed by atoms with Crippen LogP contribution in [0.2, 0.25) is 0 Å². The summed E-state index contributed by atoms with van der Waals surface area (Å²) in [5.41, 5.74) is 12.4. The first-order valence-electron chi connectivity index (χ1n) is 11.9. The van der Waals surface area contributed by atoms with Gasteiger partial charge in [0.15, 0.2) is 0 Å². The monoisotopic (exact) mass is 426 g/mol.